The Morgan fingerprint density at radius 3 is 2.08 bits per heavy atom. The fourth-order valence-corrected chi connectivity index (χ4v) is 2.39. The van der Waals surface area contributed by atoms with Crippen LogP contribution < -0.4 is 0 Å². The minimum Gasteiger partial charge on any atom is -0.436 e. The largest absolute Gasteiger partial charge is 0.436 e. The number of hydrogen-bond acceptors (Lipinski definition) is 3. The molecule has 25 heavy (non-hydrogen) atoms. The first-order valence-electron chi connectivity index (χ1n) is 9.91. The second-order valence-corrected chi connectivity index (χ2v) is 6.16. The van der Waals surface area contributed by atoms with Gasteiger partial charge in [0.1, 0.15) is 0 Å². The fourth-order valence-electron chi connectivity index (χ4n) is 2.39. The molecular weight excluding hydrogens is 312 g/mol. The van der Waals surface area contributed by atoms with Gasteiger partial charge in [-0.1, -0.05) is 69.6 Å². The Hall–Kier alpha value is -1.35. The lowest BCUT2D eigenvalue weighted by atomic mass is 10.1. The van der Waals surface area contributed by atoms with Crippen LogP contribution in [0.2, 0.25) is 0 Å². The van der Waals surface area contributed by atoms with E-state index in [4.69, 9.17) is 9.47 Å². The average Bonchev–Trinajstić information content (AvgIpc) is 2.62. The highest BCUT2D eigenvalue weighted by Crippen LogP contribution is 2.09. The molecule has 0 radical (unpaired) electrons. The number of allylic oxidation sites excluding steroid dienone is 6. The number of methoxy groups -OCH3 is 1. The molecule has 0 aliphatic heterocycles. The number of rotatable bonds is 16. The normalized spacial score (nSPS) is 13.2. The Kier molecular flexibility index (Phi) is 18.0. The number of carbonyl (C=O) groups is 1. The summed E-state index contributed by atoms with van der Waals surface area (Å²) in [6, 6.07) is 0. The van der Waals surface area contributed by atoms with E-state index in [0.717, 1.165) is 38.5 Å². The zero-order valence-corrected chi connectivity index (χ0v) is 16.5. The summed E-state index contributed by atoms with van der Waals surface area (Å²) in [5.41, 5.74) is 0. The summed E-state index contributed by atoms with van der Waals surface area (Å²) in [4.78, 5) is 11.6. The van der Waals surface area contributed by atoms with Gasteiger partial charge in [0.2, 0.25) is 6.29 Å². The number of carbonyl (C=O) groups excluding carboxylic acids is 1. The van der Waals surface area contributed by atoms with Gasteiger partial charge in [-0.05, 0) is 38.5 Å². The van der Waals surface area contributed by atoms with Gasteiger partial charge in [0.15, 0.2) is 0 Å². The molecule has 0 aromatic rings. The third-order valence-electron chi connectivity index (χ3n) is 3.89. The van der Waals surface area contributed by atoms with Crippen LogP contribution in [0.25, 0.3) is 0 Å². The lowest BCUT2D eigenvalue weighted by Gasteiger charge is -2.13. The predicted octanol–water partition coefficient (Wildman–Crippen LogP) is 6.50. The van der Waals surface area contributed by atoms with E-state index in [-0.39, 0.29) is 12.3 Å². The second kappa shape index (κ2) is 19.0. The topological polar surface area (TPSA) is 35.5 Å². The van der Waals surface area contributed by atoms with E-state index < -0.39 is 0 Å². The van der Waals surface area contributed by atoms with E-state index in [0.29, 0.717) is 12.8 Å². The van der Waals surface area contributed by atoms with E-state index in [2.05, 4.69) is 43.4 Å². The summed E-state index contributed by atoms with van der Waals surface area (Å²) in [6.07, 6.45) is 24.2. The Morgan fingerprint density at radius 2 is 1.44 bits per heavy atom. The monoisotopic (exact) mass is 350 g/mol. The van der Waals surface area contributed by atoms with Crippen molar-refractivity contribution >= 4 is 5.97 Å². The highest BCUT2D eigenvalue weighted by atomic mass is 16.7. The van der Waals surface area contributed by atoms with E-state index in [1.54, 1.807) is 7.11 Å². The number of hydrogen-bond donors (Lipinski definition) is 0. The standard InChI is InChI=1S/C22H38O3/c1-4-6-7-8-9-10-11-12-13-14-15-16-17-18-19-20-21(23)25-22(5-2)24-3/h6-7,9-10,12-13,22H,4-5,8,11,14-20H2,1-3H3/b7-6-,10-9-,13-12-. The van der Waals surface area contributed by atoms with Crippen molar-refractivity contribution in [3.05, 3.63) is 36.5 Å². The molecule has 0 N–H and O–H groups in total. The van der Waals surface area contributed by atoms with Gasteiger partial charge < -0.3 is 9.47 Å². The van der Waals surface area contributed by atoms with Gasteiger partial charge >= 0.3 is 5.97 Å². The molecule has 0 bridgehead atoms. The fraction of sp³-hybridized carbons (Fsp3) is 0.682. The first-order chi connectivity index (χ1) is 12.2. The third-order valence-corrected chi connectivity index (χ3v) is 3.89. The summed E-state index contributed by atoms with van der Waals surface area (Å²) in [6.45, 7) is 4.10. The molecule has 1 unspecified atom stereocenters. The first-order valence-corrected chi connectivity index (χ1v) is 9.91. The quantitative estimate of drug-likeness (QED) is 0.138. The Morgan fingerprint density at radius 1 is 0.840 bits per heavy atom. The van der Waals surface area contributed by atoms with E-state index >= 15 is 0 Å². The maximum absolute atomic E-state index is 11.6. The molecule has 144 valence electrons. The molecule has 0 aliphatic rings. The molecule has 3 nitrogen and oxygen atoms in total. The van der Waals surface area contributed by atoms with Crippen molar-refractivity contribution in [1.82, 2.24) is 0 Å². The Balaban J connectivity index is 3.39. The van der Waals surface area contributed by atoms with E-state index in [1.807, 2.05) is 6.92 Å². The smallest absolute Gasteiger partial charge is 0.308 e. The third kappa shape index (κ3) is 17.3. The predicted molar refractivity (Wildman–Crippen MR) is 106 cm³/mol. The number of unbranched alkanes of at least 4 members (excludes halogenated alkanes) is 5. The lowest BCUT2D eigenvalue weighted by molar-refractivity contribution is -0.173. The molecule has 0 aliphatic carbocycles. The van der Waals surface area contributed by atoms with Gasteiger partial charge in [-0.15, -0.1) is 0 Å². The molecule has 0 saturated carbocycles. The molecule has 0 aromatic carbocycles. The van der Waals surface area contributed by atoms with Crippen LogP contribution >= 0.6 is 0 Å². The molecule has 1 atom stereocenters. The molecule has 0 saturated heterocycles. The lowest BCUT2D eigenvalue weighted by Crippen LogP contribution is -2.18. The van der Waals surface area contributed by atoms with Crippen molar-refractivity contribution in [1.29, 1.82) is 0 Å². The molecule has 0 amide bonds. The van der Waals surface area contributed by atoms with Crippen molar-refractivity contribution in [3.63, 3.8) is 0 Å². The average molecular weight is 351 g/mol. The van der Waals surface area contributed by atoms with Crippen molar-refractivity contribution < 1.29 is 14.3 Å². The molecule has 0 rings (SSSR count). The SMILES string of the molecule is CC/C=C\C/C=C\C/C=C\CCCCCCCC(=O)OC(CC)OC. The van der Waals surface area contributed by atoms with Crippen molar-refractivity contribution in [3.8, 4) is 0 Å². The minimum absolute atomic E-state index is 0.144. The molecule has 0 heterocycles. The number of esters is 1. The van der Waals surface area contributed by atoms with E-state index in [1.165, 1.54) is 19.3 Å². The van der Waals surface area contributed by atoms with Crippen LogP contribution in [-0.4, -0.2) is 19.4 Å². The zero-order valence-electron chi connectivity index (χ0n) is 16.5. The minimum atomic E-state index is -0.387. The van der Waals surface area contributed by atoms with Gasteiger partial charge in [0.05, 0.1) is 0 Å². The maximum atomic E-state index is 11.6. The van der Waals surface area contributed by atoms with Crippen molar-refractivity contribution in [2.45, 2.75) is 90.8 Å². The van der Waals surface area contributed by atoms with Gasteiger partial charge in [-0.3, -0.25) is 4.79 Å². The summed E-state index contributed by atoms with van der Waals surface area (Å²) in [5, 5.41) is 0. The first kappa shape index (κ1) is 23.6. The second-order valence-electron chi connectivity index (χ2n) is 6.16. The summed E-state index contributed by atoms with van der Waals surface area (Å²) >= 11 is 0. The van der Waals surface area contributed by atoms with Crippen LogP contribution in [0.3, 0.4) is 0 Å². The zero-order chi connectivity index (χ0) is 18.6. The van der Waals surface area contributed by atoms with Crippen molar-refractivity contribution in [2.75, 3.05) is 7.11 Å². The highest BCUT2D eigenvalue weighted by Gasteiger charge is 2.10. The van der Waals surface area contributed by atoms with Gasteiger partial charge in [0, 0.05) is 20.0 Å². The molecule has 0 spiro atoms. The number of ether oxygens (including phenoxy) is 2. The maximum Gasteiger partial charge on any atom is 0.308 e. The molecule has 3 heteroatoms. The molecule has 0 aromatic heterocycles. The summed E-state index contributed by atoms with van der Waals surface area (Å²) in [7, 11) is 1.57. The van der Waals surface area contributed by atoms with Gasteiger partial charge in [-0.25, -0.2) is 0 Å². The van der Waals surface area contributed by atoms with Crippen LogP contribution in [0.15, 0.2) is 36.5 Å². The summed E-state index contributed by atoms with van der Waals surface area (Å²) in [5.74, 6) is -0.144. The molecule has 0 fully saturated rings. The van der Waals surface area contributed by atoms with Crippen molar-refractivity contribution in [2.24, 2.45) is 0 Å². The van der Waals surface area contributed by atoms with Gasteiger partial charge in [-0.2, -0.15) is 0 Å². The van der Waals surface area contributed by atoms with Crippen LogP contribution in [0, 0.1) is 0 Å². The van der Waals surface area contributed by atoms with Crippen LogP contribution in [-0.2, 0) is 14.3 Å². The van der Waals surface area contributed by atoms with E-state index in [9.17, 15) is 4.79 Å². The van der Waals surface area contributed by atoms with Crippen LogP contribution in [0.4, 0.5) is 0 Å². The highest BCUT2D eigenvalue weighted by molar-refractivity contribution is 5.69. The van der Waals surface area contributed by atoms with Crippen LogP contribution in [0.5, 0.6) is 0 Å². The van der Waals surface area contributed by atoms with Gasteiger partial charge in [0.25, 0.3) is 0 Å². The summed E-state index contributed by atoms with van der Waals surface area (Å²) < 4.78 is 10.2. The molecular formula is C22H38O3. The van der Waals surface area contributed by atoms with Crippen LogP contribution in [0.1, 0.15) is 84.5 Å². The Bertz CT molecular complexity index is 379. The Labute approximate surface area is 155 Å².